The summed E-state index contributed by atoms with van der Waals surface area (Å²) in [5, 5.41) is 6.64. The first-order valence-corrected chi connectivity index (χ1v) is 8.11. The van der Waals surface area contributed by atoms with Gasteiger partial charge < -0.3 is 10.6 Å². The van der Waals surface area contributed by atoms with E-state index >= 15 is 0 Å². The Bertz CT molecular complexity index is 611. The van der Waals surface area contributed by atoms with Crippen molar-refractivity contribution < 1.29 is 4.39 Å². The highest BCUT2D eigenvalue weighted by Gasteiger charge is 2.02. The van der Waals surface area contributed by atoms with E-state index < -0.39 is 0 Å². The van der Waals surface area contributed by atoms with E-state index in [1.54, 1.807) is 12.1 Å². The molecule has 0 amide bonds. The van der Waals surface area contributed by atoms with Crippen LogP contribution in [0.3, 0.4) is 0 Å². The first-order chi connectivity index (χ1) is 11.0. The Morgan fingerprint density at radius 2 is 1.61 bits per heavy atom. The first kappa shape index (κ1) is 17.2. The van der Waals surface area contributed by atoms with Gasteiger partial charge in [-0.25, -0.2) is 14.4 Å². The van der Waals surface area contributed by atoms with Gasteiger partial charge in [0.25, 0.3) is 0 Å². The normalized spacial score (nSPS) is 10.8. The number of halogens is 1. The third-order valence-corrected chi connectivity index (χ3v) is 3.50. The maximum atomic E-state index is 12.9. The summed E-state index contributed by atoms with van der Waals surface area (Å²) in [7, 11) is 0. The molecule has 0 aliphatic rings. The van der Waals surface area contributed by atoms with Crippen LogP contribution in [0.2, 0.25) is 0 Å². The van der Waals surface area contributed by atoms with Crippen molar-refractivity contribution in [3.63, 3.8) is 0 Å². The number of aromatic nitrogens is 2. The number of hydrogen-bond donors (Lipinski definition) is 2. The fourth-order valence-electron chi connectivity index (χ4n) is 2.22. The molecule has 23 heavy (non-hydrogen) atoms. The molecule has 0 aliphatic carbocycles. The highest BCUT2D eigenvalue weighted by atomic mass is 19.1. The van der Waals surface area contributed by atoms with Gasteiger partial charge in [-0.05, 0) is 43.4 Å². The van der Waals surface area contributed by atoms with Gasteiger partial charge in [-0.15, -0.1) is 0 Å². The fraction of sp³-hybridized carbons (Fsp3) is 0.444. The van der Waals surface area contributed by atoms with E-state index in [9.17, 15) is 4.39 Å². The summed E-state index contributed by atoms with van der Waals surface area (Å²) in [6.45, 7) is 7.94. The van der Waals surface area contributed by atoms with Crippen LogP contribution in [0, 0.1) is 18.7 Å². The van der Waals surface area contributed by atoms with Gasteiger partial charge in [-0.3, -0.25) is 0 Å². The molecule has 5 heteroatoms. The zero-order valence-electron chi connectivity index (χ0n) is 14.1. The van der Waals surface area contributed by atoms with E-state index in [4.69, 9.17) is 0 Å². The average molecular weight is 316 g/mol. The molecule has 0 bridgehead atoms. The van der Waals surface area contributed by atoms with Gasteiger partial charge in [-0.1, -0.05) is 26.0 Å². The molecule has 2 aromatic rings. The van der Waals surface area contributed by atoms with Crippen LogP contribution in [-0.2, 0) is 6.42 Å². The molecular formula is C18H25FN4. The third-order valence-electron chi connectivity index (χ3n) is 3.50. The van der Waals surface area contributed by atoms with Crippen molar-refractivity contribution in [2.45, 2.75) is 33.6 Å². The van der Waals surface area contributed by atoms with Gasteiger partial charge in [-0.2, -0.15) is 0 Å². The number of hydrogen-bond acceptors (Lipinski definition) is 4. The summed E-state index contributed by atoms with van der Waals surface area (Å²) in [4.78, 5) is 8.80. The molecule has 1 aromatic carbocycles. The maximum absolute atomic E-state index is 12.9. The average Bonchev–Trinajstić information content (AvgIpc) is 2.48. The van der Waals surface area contributed by atoms with Crippen LogP contribution in [0.1, 0.15) is 31.7 Å². The van der Waals surface area contributed by atoms with Gasteiger partial charge in [0.15, 0.2) is 0 Å². The van der Waals surface area contributed by atoms with E-state index in [1.807, 2.05) is 13.0 Å². The molecule has 0 saturated heterocycles. The Morgan fingerprint density at radius 3 is 2.22 bits per heavy atom. The summed E-state index contributed by atoms with van der Waals surface area (Å²) in [5.41, 5.74) is 1.10. The zero-order chi connectivity index (χ0) is 16.7. The van der Waals surface area contributed by atoms with E-state index in [0.29, 0.717) is 5.92 Å². The highest BCUT2D eigenvalue weighted by molar-refractivity contribution is 5.47. The minimum absolute atomic E-state index is 0.203. The van der Waals surface area contributed by atoms with Crippen LogP contribution in [0.4, 0.5) is 16.0 Å². The number of rotatable bonds is 8. The summed E-state index contributed by atoms with van der Waals surface area (Å²) >= 11 is 0. The Kier molecular flexibility index (Phi) is 6.32. The standard InChI is InChI=1S/C18H25FN4/c1-13(2)8-10-20-17-12-18(23-14(3)22-17)21-11-9-15-4-6-16(19)7-5-15/h4-7,12-13H,8-11H2,1-3H3,(H2,20,21,22,23). The number of nitrogens with zero attached hydrogens (tertiary/aromatic N) is 2. The van der Waals surface area contributed by atoms with Crippen LogP contribution < -0.4 is 10.6 Å². The fourth-order valence-corrected chi connectivity index (χ4v) is 2.22. The molecule has 0 saturated carbocycles. The molecule has 1 aromatic heterocycles. The molecule has 0 atom stereocenters. The number of aryl methyl sites for hydroxylation is 1. The van der Waals surface area contributed by atoms with Gasteiger partial charge >= 0.3 is 0 Å². The second-order valence-electron chi connectivity index (χ2n) is 6.10. The topological polar surface area (TPSA) is 49.8 Å². The van der Waals surface area contributed by atoms with Gasteiger partial charge in [0.1, 0.15) is 23.3 Å². The Labute approximate surface area is 137 Å². The molecule has 0 spiro atoms. The summed E-state index contributed by atoms with van der Waals surface area (Å²) < 4.78 is 12.9. The highest BCUT2D eigenvalue weighted by Crippen LogP contribution is 2.12. The minimum Gasteiger partial charge on any atom is -0.370 e. The molecule has 0 fully saturated rings. The van der Waals surface area contributed by atoms with Crippen molar-refractivity contribution in [1.29, 1.82) is 0 Å². The van der Waals surface area contributed by atoms with Crippen molar-refractivity contribution >= 4 is 11.6 Å². The van der Waals surface area contributed by atoms with E-state index in [1.165, 1.54) is 12.1 Å². The summed E-state index contributed by atoms with van der Waals surface area (Å²) in [6, 6.07) is 8.52. The summed E-state index contributed by atoms with van der Waals surface area (Å²) in [6.07, 6.45) is 1.93. The van der Waals surface area contributed by atoms with Gasteiger partial charge in [0.05, 0.1) is 0 Å². The third kappa shape index (κ3) is 6.22. The lowest BCUT2D eigenvalue weighted by molar-refractivity contribution is 0.606. The van der Waals surface area contributed by atoms with Crippen molar-refractivity contribution in [2.75, 3.05) is 23.7 Å². The molecular weight excluding hydrogens is 291 g/mol. The van der Waals surface area contributed by atoms with Crippen molar-refractivity contribution in [2.24, 2.45) is 5.92 Å². The number of anilines is 2. The van der Waals surface area contributed by atoms with E-state index in [2.05, 4.69) is 34.4 Å². The van der Waals surface area contributed by atoms with Crippen molar-refractivity contribution in [3.8, 4) is 0 Å². The van der Waals surface area contributed by atoms with Crippen molar-refractivity contribution in [1.82, 2.24) is 9.97 Å². The number of benzene rings is 1. The van der Waals surface area contributed by atoms with Crippen molar-refractivity contribution in [3.05, 3.63) is 47.5 Å². The van der Waals surface area contributed by atoms with Crippen LogP contribution >= 0.6 is 0 Å². The predicted octanol–water partition coefficient (Wildman–Crippen LogP) is 4.04. The monoisotopic (exact) mass is 316 g/mol. The molecule has 2 rings (SSSR count). The maximum Gasteiger partial charge on any atom is 0.131 e. The van der Waals surface area contributed by atoms with Crippen LogP contribution in [0.15, 0.2) is 30.3 Å². The lowest BCUT2D eigenvalue weighted by Gasteiger charge is -2.11. The van der Waals surface area contributed by atoms with Gasteiger partial charge in [0, 0.05) is 19.2 Å². The second kappa shape index (κ2) is 8.46. The summed E-state index contributed by atoms with van der Waals surface area (Å²) in [5.74, 6) is 2.86. The molecule has 2 N–H and O–H groups in total. The van der Waals surface area contributed by atoms with Gasteiger partial charge in [0.2, 0.25) is 0 Å². The second-order valence-corrected chi connectivity index (χ2v) is 6.10. The lowest BCUT2D eigenvalue weighted by Crippen LogP contribution is -2.10. The number of nitrogens with one attached hydrogen (secondary N) is 2. The molecule has 0 unspecified atom stereocenters. The molecule has 1 heterocycles. The zero-order valence-corrected chi connectivity index (χ0v) is 14.1. The molecule has 4 nitrogen and oxygen atoms in total. The van der Waals surface area contributed by atoms with E-state index in [0.717, 1.165) is 49.0 Å². The van der Waals surface area contributed by atoms with E-state index in [-0.39, 0.29) is 5.82 Å². The molecule has 0 radical (unpaired) electrons. The quantitative estimate of drug-likeness (QED) is 0.772. The predicted molar refractivity (Wildman–Crippen MR) is 93.3 cm³/mol. The SMILES string of the molecule is Cc1nc(NCCc2ccc(F)cc2)cc(NCCC(C)C)n1. The Hall–Kier alpha value is -2.17. The Balaban J connectivity index is 1.86. The largest absolute Gasteiger partial charge is 0.370 e. The molecule has 124 valence electrons. The Morgan fingerprint density at radius 1 is 1.00 bits per heavy atom. The molecule has 0 aliphatic heterocycles. The lowest BCUT2D eigenvalue weighted by atomic mass is 10.1. The van der Waals surface area contributed by atoms with Crippen LogP contribution in [0.25, 0.3) is 0 Å². The first-order valence-electron chi connectivity index (χ1n) is 8.11. The van der Waals surface area contributed by atoms with Crippen LogP contribution in [0.5, 0.6) is 0 Å². The smallest absolute Gasteiger partial charge is 0.131 e. The van der Waals surface area contributed by atoms with Crippen LogP contribution in [-0.4, -0.2) is 23.1 Å². The minimum atomic E-state index is -0.203.